The highest BCUT2D eigenvalue weighted by atomic mass is 16.1. The van der Waals surface area contributed by atoms with E-state index < -0.39 is 16.2 Å². The van der Waals surface area contributed by atoms with Gasteiger partial charge in [0.25, 0.3) is 0 Å². The molecule has 2 saturated carbocycles. The quantitative estimate of drug-likeness (QED) is 0.791. The number of Topliss-reactive ketones (excluding diaryl/α,β-unsaturated/α-hetero) is 2. The van der Waals surface area contributed by atoms with Crippen molar-refractivity contribution in [3.8, 4) is 0 Å². The number of fused-ring (bicyclic) bond motifs is 5. The second-order valence-corrected chi connectivity index (χ2v) is 8.65. The summed E-state index contributed by atoms with van der Waals surface area (Å²) < 4.78 is 0. The van der Waals surface area contributed by atoms with Gasteiger partial charge >= 0.3 is 0 Å². The van der Waals surface area contributed by atoms with Gasteiger partial charge in [-0.2, -0.15) is 0 Å². The number of rotatable bonds is 1. The predicted octanol–water partition coefficient (Wildman–Crippen LogP) is 4.04. The van der Waals surface area contributed by atoms with Crippen LogP contribution in [0.2, 0.25) is 0 Å². The SMILES string of the molecule is Cc1ccc(C23c4ccc(C)cc4C4(C)CC(=O)C2(C)C3C4=O)cc1. The van der Waals surface area contributed by atoms with Crippen molar-refractivity contribution in [2.24, 2.45) is 11.3 Å². The van der Waals surface area contributed by atoms with Gasteiger partial charge < -0.3 is 0 Å². The largest absolute Gasteiger partial charge is 0.299 e. The molecule has 0 heterocycles. The lowest BCUT2D eigenvalue weighted by molar-refractivity contribution is -0.138. The molecule has 3 aliphatic rings. The molecule has 0 aliphatic heterocycles. The fourth-order valence-corrected chi connectivity index (χ4v) is 5.93. The Morgan fingerprint density at radius 2 is 1.52 bits per heavy atom. The molecule has 4 atom stereocenters. The van der Waals surface area contributed by atoms with Crippen molar-refractivity contribution in [1.82, 2.24) is 0 Å². The maximum absolute atomic E-state index is 13.5. The van der Waals surface area contributed by atoms with Gasteiger partial charge in [-0.1, -0.05) is 60.5 Å². The van der Waals surface area contributed by atoms with Crippen LogP contribution < -0.4 is 0 Å². The number of ketones is 2. The number of carbonyl (C=O) groups excluding carboxylic acids is 2. The normalized spacial score (nSPS) is 37.7. The van der Waals surface area contributed by atoms with E-state index in [1.807, 2.05) is 13.8 Å². The van der Waals surface area contributed by atoms with E-state index in [4.69, 9.17) is 0 Å². The Morgan fingerprint density at radius 1 is 0.880 bits per heavy atom. The average Bonchev–Trinajstić information content (AvgIpc) is 3.17. The van der Waals surface area contributed by atoms with Crippen LogP contribution in [0.15, 0.2) is 42.5 Å². The van der Waals surface area contributed by atoms with Crippen LogP contribution in [-0.2, 0) is 20.4 Å². The Bertz CT molecular complexity index is 970. The molecule has 0 radical (unpaired) electrons. The van der Waals surface area contributed by atoms with Crippen molar-refractivity contribution in [3.05, 3.63) is 70.3 Å². The van der Waals surface area contributed by atoms with Crippen LogP contribution in [0.3, 0.4) is 0 Å². The van der Waals surface area contributed by atoms with Crippen molar-refractivity contribution in [1.29, 1.82) is 0 Å². The summed E-state index contributed by atoms with van der Waals surface area (Å²) >= 11 is 0. The van der Waals surface area contributed by atoms with E-state index in [2.05, 4.69) is 56.3 Å². The molecule has 0 saturated heterocycles. The smallest absolute Gasteiger partial charge is 0.148 e. The summed E-state index contributed by atoms with van der Waals surface area (Å²) in [5.74, 6) is 0.284. The van der Waals surface area contributed by atoms with E-state index >= 15 is 0 Å². The molecule has 25 heavy (non-hydrogen) atoms. The zero-order valence-electron chi connectivity index (χ0n) is 15.1. The van der Waals surface area contributed by atoms with Gasteiger partial charge in [0.05, 0.1) is 10.8 Å². The molecule has 0 amide bonds. The van der Waals surface area contributed by atoms with Gasteiger partial charge in [0.2, 0.25) is 0 Å². The van der Waals surface area contributed by atoms with E-state index in [0.717, 1.165) is 16.7 Å². The Balaban J connectivity index is 1.91. The van der Waals surface area contributed by atoms with Crippen molar-refractivity contribution < 1.29 is 9.59 Å². The Kier molecular flexibility index (Phi) is 2.48. The molecule has 2 bridgehead atoms. The first kappa shape index (κ1) is 15.1. The standard InChI is InChI=1S/C23H22O2/c1-13-5-8-15(9-6-13)23-16-10-7-14(2)11-17(16)21(3)12-18(24)22(23,4)19(23)20(21)25/h5-11,19H,12H2,1-4H3. The Hall–Kier alpha value is -2.22. The minimum absolute atomic E-state index is 0.218. The first-order valence-corrected chi connectivity index (χ1v) is 9.04. The molecular formula is C23H22O2. The summed E-state index contributed by atoms with van der Waals surface area (Å²) in [4.78, 5) is 26.7. The van der Waals surface area contributed by atoms with Gasteiger partial charge in [0.15, 0.2) is 0 Å². The monoisotopic (exact) mass is 330 g/mol. The van der Waals surface area contributed by atoms with Crippen molar-refractivity contribution >= 4 is 11.6 Å². The molecule has 2 aromatic carbocycles. The summed E-state index contributed by atoms with van der Waals surface area (Å²) in [5.41, 5.74) is 3.98. The summed E-state index contributed by atoms with van der Waals surface area (Å²) in [7, 11) is 0. The van der Waals surface area contributed by atoms with Crippen molar-refractivity contribution in [3.63, 3.8) is 0 Å². The Labute approximate surface area is 148 Å². The van der Waals surface area contributed by atoms with Crippen LogP contribution in [0.1, 0.15) is 48.1 Å². The lowest BCUT2D eigenvalue weighted by Crippen LogP contribution is -2.45. The van der Waals surface area contributed by atoms with E-state index in [0.29, 0.717) is 6.42 Å². The zero-order chi connectivity index (χ0) is 17.8. The number of aryl methyl sites for hydroxylation is 2. The highest BCUT2D eigenvalue weighted by Gasteiger charge is 2.87. The third kappa shape index (κ3) is 1.37. The minimum Gasteiger partial charge on any atom is -0.299 e. The molecule has 2 aromatic rings. The fourth-order valence-electron chi connectivity index (χ4n) is 5.93. The lowest BCUT2D eigenvalue weighted by atomic mass is 9.63. The van der Waals surface area contributed by atoms with E-state index in [1.54, 1.807) is 0 Å². The van der Waals surface area contributed by atoms with Crippen LogP contribution in [0.25, 0.3) is 0 Å². The second kappa shape index (κ2) is 4.12. The minimum atomic E-state index is -0.659. The van der Waals surface area contributed by atoms with E-state index in [-0.39, 0.29) is 17.5 Å². The molecule has 2 fully saturated rings. The third-order valence-electron chi connectivity index (χ3n) is 7.35. The maximum Gasteiger partial charge on any atom is 0.148 e. The molecule has 0 aromatic heterocycles. The van der Waals surface area contributed by atoms with Crippen molar-refractivity contribution in [2.75, 3.05) is 0 Å². The van der Waals surface area contributed by atoms with Gasteiger partial charge in [-0.05, 0) is 37.5 Å². The van der Waals surface area contributed by atoms with Crippen LogP contribution in [0.5, 0.6) is 0 Å². The van der Waals surface area contributed by atoms with Crippen LogP contribution in [-0.4, -0.2) is 11.6 Å². The number of benzene rings is 2. The van der Waals surface area contributed by atoms with E-state index in [1.165, 1.54) is 11.1 Å². The summed E-state index contributed by atoms with van der Waals surface area (Å²) in [6.07, 6.45) is 0.336. The summed E-state index contributed by atoms with van der Waals surface area (Å²) in [6, 6.07) is 14.8. The molecule has 2 nitrogen and oxygen atoms in total. The molecule has 3 aliphatic carbocycles. The average molecular weight is 330 g/mol. The van der Waals surface area contributed by atoms with E-state index in [9.17, 15) is 9.59 Å². The van der Waals surface area contributed by atoms with Crippen molar-refractivity contribution in [2.45, 2.75) is 44.9 Å². The van der Waals surface area contributed by atoms with Crippen LogP contribution in [0.4, 0.5) is 0 Å². The molecule has 0 N–H and O–H groups in total. The molecule has 4 unspecified atom stereocenters. The van der Waals surface area contributed by atoms with Gasteiger partial charge in [-0.15, -0.1) is 0 Å². The first-order valence-electron chi connectivity index (χ1n) is 9.04. The fraction of sp³-hybridized carbons (Fsp3) is 0.391. The van der Waals surface area contributed by atoms with Gasteiger partial charge in [0.1, 0.15) is 11.6 Å². The summed E-state index contributed by atoms with van der Waals surface area (Å²) in [6.45, 7) is 8.12. The van der Waals surface area contributed by atoms with Crippen LogP contribution >= 0.6 is 0 Å². The lowest BCUT2D eigenvalue weighted by Gasteiger charge is -2.37. The third-order valence-corrected chi connectivity index (χ3v) is 7.35. The van der Waals surface area contributed by atoms with Gasteiger partial charge in [-0.3, -0.25) is 9.59 Å². The zero-order valence-corrected chi connectivity index (χ0v) is 15.1. The molecular weight excluding hydrogens is 308 g/mol. The van der Waals surface area contributed by atoms with Gasteiger partial charge in [-0.25, -0.2) is 0 Å². The number of carbonyl (C=O) groups is 2. The molecule has 5 rings (SSSR count). The second-order valence-electron chi connectivity index (χ2n) is 8.65. The highest BCUT2D eigenvalue weighted by Crippen LogP contribution is 2.80. The molecule has 126 valence electrons. The van der Waals surface area contributed by atoms with Crippen LogP contribution in [0, 0.1) is 25.2 Å². The number of hydrogen-bond donors (Lipinski definition) is 0. The predicted molar refractivity (Wildman–Crippen MR) is 96.7 cm³/mol. The molecule has 0 spiro atoms. The topological polar surface area (TPSA) is 34.1 Å². The molecule has 2 heteroatoms. The highest BCUT2D eigenvalue weighted by molar-refractivity contribution is 6.15. The summed E-state index contributed by atoms with van der Waals surface area (Å²) in [5, 5.41) is 0. The van der Waals surface area contributed by atoms with Gasteiger partial charge in [0, 0.05) is 17.8 Å². The maximum atomic E-state index is 13.5. The Morgan fingerprint density at radius 3 is 2.20 bits per heavy atom. The number of hydrogen-bond acceptors (Lipinski definition) is 2. The first-order chi connectivity index (χ1) is 11.8.